The molecule has 1 amide bonds. The monoisotopic (exact) mass is 392 g/mol. The van der Waals surface area contributed by atoms with Crippen molar-refractivity contribution in [3.8, 4) is 11.5 Å². The van der Waals surface area contributed by atoms with Gasteiger partial charge in [0.25, 0.3) is 5.91 Å². The third-order valence-electron chi connectivity index (χ3n) is 4.41. The summed E-state index contributed by atoms with van der Waals surface area (Å²) in [6, 6.07) is 16.6. The van der Waals surface area contributed by atoms with Crippen LogP contribution in [0.4, 0.5) is 17.2 Å². The number of nitrogens with one attached hydrogen (secondary N) is 1. The number of benzene rings is 2. The molecule has 0 radical (unpaired) electrons. The number of ether oxygens (including phenoxy) is 2. The molecular formula is C22H24N4O3. The van der Waals surface area contributed by atoms with Gasteiger partial charge in [-0.25, -0.2) is 0 Å². The number of amides is 1. The largest absolute Gasteiger partial charge is 0.493 e. The maximum atomic E-state index is 12.9. The molecule has 7 heteroatoms. The van der Waals surface area contributed by atoms with Gasteiger partial charge in [-0.2, -0.15) is 0 Å². The summed E-state index contributed by atoms with van der Waals surface area (Å²) < 4.78 is 10.5. The third kappa shape index (κ3) is 4.63. The lowest BCUT2D eigenvalue weighted by Gasteiger charge is -2.21. The van der Waals surface area contributed by atoms with Crippen molar-refractivity contribution < 1.29 is 14.3 Å². The lowest BCUT2D eigenvalue weighted by Crippen LogP contribution is -2.31. The molecule has 0 atom stereocenters. The Bertz CT molecular complexity index is 990. The fraction of sp³-hybridized carbons (Fsp3) is 0.227. The molecule has 0 saturated carbocycles. The zero-order valence-electron chi connectivity index (χ0n) is 17.0. The highest BCUT2D eigenvalue weighted by molar-refractivity contribution is 6.04. The first-order valence-electron chi connectivity index (χ1n) is 9.27. The molecule has 1 N–H and O–H groups in total. The van der Waals surface area contributed by atoms with Crippen molar-refractivity contribution >= 4 is 23.1 Å². The smallest absolute Gasteiger partial charge is 0.278 e. The minimum atomic E-state index is -0.191. The summed E-state index contributed by atoms with van der Waals surface area (Å²) in [6.07, 6.45) is 0. The summed E-state index contributed by atoms with van der Waals surface area (Å²) in [5.41, 5.74) is 2.98. The van der Waals surface area contributed by atoms with Gasteiger partial charge in [0.2, 0.25) is 0 Å². The van der Waals surface area contributed by atoms with Crippen LogP contribution in [0, 0.1) is 6.92 Å². The quantitative estimate of drug-likeness (QED) is 0.649. The Labute approximate surface area is 170 Å². The van der Waals surface area contributed by atoms with E-state index in [0.717, 1.165) is 16.9 Å². The van der Waals surface area contributed by atoms with E-state index in [1.807, 2.05) is 44.2 Å². The van der Waals surface area contributed by atoms with Crippen molar-refractivity contribution in [1.82, 2.24) is 10.2 Å². The number of hydrogen-bond acceptors (Lipinski definition) is 6. The van der Waals surface area contributed by atoms with Gasteiger partial charge >= 0.3 is 0 Å². The van der Waals surface area contributed by atoms with Crippen LogP contribution >= 0.6 is 0 Å². The van der Waals surface area contributed by atoms with Gasteiger partial charge in [0.1, 0.15) is 0 Å². The van der Waals surface area contributed by atoms with E-state index < -0.39 is 0 Å². The Morgan fingerprint density at radius 3 is 2.41 bits per heavy atom. The summed E-state index contributed by atoms with van der Waals surface area (Å²) >= 11 is 0. The van der Waals surface area contributed by atoms with Crippen molar-refractivity contribution in [1.29, 1.82) is 0 Å². The lowest BCUT2D eigenvalue weighted by atomic mass is 10.2. The standard InChI is InChI=1S/C22H24N4O3/c1-5-26(17-8-6-7-15(2)13-17)22(27)18-10-12-21(25-24-18)23-16-9-11-19(28-3)20(14-16)29-4/h6-14H,5H2,1-4H3,(H,23,25). The minimum Gasteiger partial charge on any atom is -0.493 e. The number of aryl methyl sites for hydroxylation is 1. The van der Waals surface area contributed by atoms with E-state index in [9.17, 15) is 4.79 Å². The number of rotatable bonds is 7. The van der Waals surface area contributed by atoms with Crippen molar-refractivity contribution in [2.45, 2.75) is 13.8 Å². The van der Waals surface area contributed by atoms with Crippen LogP contribution in [-0.2, 0) is 0 Å². The number of nitrogens with zero attached hydrogens (tertiary/aromatic N) is 3. The normalized spacial score (nSPS) is 10.3. The second-order valence-corrected chi connectivity index (χ2v) is 6.39. The van der Waals surface area contributed by atoms with Gasteiger partial charge in [0.05, 0.1) is 14.2 Å². The average molecular weight is 392 g/mol. The van der Waals surface area contributed by atoms with Gasteiger partial charge in [-0.1, -0.05) is 12.1 Å². The second kappa shape index (κ2) is 9.05. The Balaban J connectivity index is 1.76. The molecule has 150 valence electrons. The molecule has 1 aromatic heterocycles. The number of aromatic nitrogens is 2. The number of methoxy groups -OCH3 is 2. The van der Waals surface area contributed by atoms with Crippen LogP contribution in [0.25, 0.3) is 0 Å². The van der Waals surface area contributed by atoms with E-state index in [1.165, 1.54) is 0 Å². The van der Waals surface area contributed by atoms with Crippen LogP contribution in [0.5, 0.6) is 11.5 Å². The molecule has 0 aliphatic rings. The van der Waals surface area contributed by atoms with E-state index in [0.29, 0.717) is 23.9 Å². The average Bonchev–Trinajstić information content (AvgIpc) is 2.74. The molecule has 1 heterocycles. The molecule has 2 aromatic carbocycles. The van der Waals surface area contributed by atoms with E-state index >= 15 is 0 Å². The van der Waals surface area contributed by atoms with Crippen LogP contribution in [0.15, 0.2) is 54.6 Å². The number of carbonyl (C=O) groups is 1. The van der Waals surface area contributed by atoms with E-state index in [1.54, 1.807) is 43.4 Å². The van der Waals surface area contributed by atoms with Crippen LogP contribution < -0.4 is 19.7 Å². The summed E-state index contributed by atoms with van der Waals surface area (Å²) in [4.78, 5) is 14.6. The highest BCUT2D eigenvalue weighted by atomic mass is 16.5. The van der Waals surface area contributed by atoms with Crippen molar-refractivity contribution in [2.75, 3.05) is 31.0 Å². The number of hydrogen-bond donors (Lipinski definition) is 1. The highest BCUT2D eigenvalue weighted by Gasteiger charge is 2.18. The second-order valence-electron chi connectivity index (χ2n) is 6.39. The topological polar surface area (TPSA) is 76.6 Å². The molecule has 0 spiro atoms. The van der Waals surface area contributed by atoms with E-state index in [-0.39, 0.29) is 11.6 Å². The highest BCUT2D eigenvalue weighted by Crippen LogP contribution is 2.30. The molecule has 3 rings (SSSR count). The van der Waals surface area contributed by atoms with Gasteiger partial charge in [-0.05, 0) is 55.8 Å². The molecule has 0 aliphatic carbocycles. The fourth-order valence-corrected chi connectivity index (χ4v) is 2.95. The third-order valence-corrected chi connectivity index (χ3v) is 4.41. The Morgan fingerprint density at radius 1 is 1.00 bits per heavy atom. The molecule has 3 aromatic rings. The molecule has 0 bridgehead atoms. The van der Waals surface area contributed by atoms with Crippen LogP contribution in [0.3, 0.4) is 0 Å². The zero-order valence-corrected chi connectivity index (χ0v) is 17.0. The first-order chi connectivity index (χ1) is 14.0. The maximum Gasteiger partial charge on any atom is 0.278 e. The molecule has 0 unspecified atom stereocenters. The Hall–Kier alpha value is -3.61. The molecular weight excluding hydrogens is 368 g/mol. The Morgan fingerprint density at radius 2 is 1.79 bits per heavy atom. The fourth-order valence-electron chi connectivity index (χ4n) is 2.95. The SMILES string of the molecule is CCN(C(=O)c1ccc(Nc2ccc(OC)c(OC)c2)nn1)c1cccc(C)c1. The van der Waals surface area contributed by atoms with Gasteiger partial charge in [-0.3, -0.25) is 4.79 Å². The Kier molecular flexibility index (Phi) is 6.29. The molecule has 0 fully saturated rings. The van der Waals surface area contributed by atoms with Crippen molar-refractivity contribution in [3.05, 3.63) is 65.9 Å². The molecule has 7 nitrogen and oxygen atoms in total. The first-order valence-corrected chi connectivity index (χ1v) is 9.27. The number of anilines is 3. The molecule has 0 saturated heterocycles. The summed E-state index contributed by atoms with van der Waals surface area (Å²) in [5.74, 6) is 1.57. The maximum absolute atomic E-state index is 12.9. The van der Waals surface area contributed by atoms with Crippen LogP contribution in [0.2, 0.25) is 0 Å². The van der Waals surface area contributed by atoms with Crippen LogP contribution in [-0.4, -0.2) is 36.9 Å². The van der Waals surface area contributed by atoms with Gasteiger partial charge in [0, 0.05) is 24.0 Å². The predicted octanol–water partition coefficient (Wildman–Crippen LogP) is 4.21. The minimum absolute atomic E-state index is 0.191. The van der Waals surface area contributed by atoms with Crippen LogP contribution in [0.1, 0.15) is 23.0 Å². The summed E-state index contributed by atoms with van der Waals surface area (Å²) in [6.45, 7) is 4.46. The van der Waals surface area contributed by atoms with Gasteiger partial charge < -0.3 is 19.7 Å². The molecule has 0 aliphatic heterocycles. The summed E-state index contributed by atoms with van der Waals surface area (Å²) in [5, 5.41) is 11.4. The molecule has 29 heavy (non-hydrogen) atoms. The van der Waals surface area contributed by atoms with Gasteiger partial charge in [-0.15, -0.1) is 10.2 Å². The van der Waals surface area contributed by atoms with E-state index in [2.05, 4.69) is 15.5 Å². The zero-order chi connectivity index (χ0) is 20.8. The summed E-state index contributed by atoms with van der Waals surface area (Å²) in [7, 11) is 3.16. The van der Waals surface area contributed by atoms with E-state index in [4.69, 9.17) is 9.47 Å². The number of carbonyl (C=O) groups excluding carboxylic acids is 1. The van der Waals surface area contributed by atoms with Gasteiger partial charge in [0.15, 0.2) is 23.0 Å². The van der Waals surface area contributed by atoms with Crippen molar-refractivity contribution in [3.63, 3.8) is 0 Å². The lowest BCUT2D eigenvalue weighted by molar-refractivity contribution is 0.0982. The predicted molar refractivity (Wildman–Crippen MR) is 113 cm³/mol. The van der Waals surface area contributed by atoms with Crippen molar-refractivity contribution in [2.24, 2.45) is 0 Å². The first kappa shape index (κ1) is 20.1.